The molecule has 2 aliphatic rings. The molecule has 0 radical (unpaired) electrons. The summed E-state index contributed by atoms with van der Waals surface area (Å²) in [6.45, 7) is 8.79. The largest absolute Gasteiger partial charge is 0.385 e. The molecular formula is C15H26O. The molecule has 5 atom stereocenters. The van der Waals surface area contributed by atoms with Crippen molar-refractivity contribution < 1.29 is 5.11 Å². The van der Waals surface area contributed by atoms with Crippen molar-refractivity contribution in [2.24, 2.45) is 23.7 Å². The van der Waals surface area contributed by atoms with Crippen molar-refractivity contribution in [2.45, 2.75) is 59.0 Å². The highest BCUT2D eigenvalue weighted by Gasteiger charge is 2.50. The van der Waals surface area contributed by atoms with Crippen molar-refractivity contribution in [1.82, 2.24) is 0 Å². The molecule has 0 saturated heterocycles. The van der Waals surface area contributed by atoms with Crippen LogP contribution in [0.25, 0.3) is 0 Å². The van der Waals surface area contributed by atoms with E-state index in [-0.39, 0.29) is 0 Å². The van der Waals surface area contributed by atoms with Gasteiger partial charge in [0.1, 0.15) is 0 Å². The number of hydrogen-bond acceptors (Lipinski definition) is 1. The quantitative estimate of drug-likeness (QED) is 0.669. The van der Waals surface area contributed by atoms with Gasteiger partial charge < -0.3 is 5.11 Å². The van der Waals surface area contributed by atoms with Crippen LogP contribution in [0.1, 0.15) is 53.4 Å². The van der Waals surface area contributed by atoms with E-state index in [2.05, 4.69) is 33.8 Å². The smallest absolute Gasteiger partial charge is 0.0886 e. The predicted molar refractivity (Wildman–Crippen MR) is 68.2 cm³/mol. The number of allylic oxidation sites excluding steroid dienone is 1. The molecule has 92 valence electrons. The molecule has 0 aliphatic heterocycles. The van der Waals surface area contributed by atoms with Crippen LogP contribution in [-0.4, -0.2) is 10.7 Å². The van der Waals surface area contributed by atoms with Crippen molar-refractivity contribution in [2.75, 3.05) is 0 Å². The zero-order valence-electron chi connectivity index (χ0n) is 11.2. The Hall–Kier alpha value is -0.300. The molecule has 0 aromatic carbocycles. The zero-order valence-corrected chi connectivity index (χ0v) is 11.2. The summed E-state index contributed by atoms with van der Waals surface area (Å²) in [5, 5.41) is 11.0. The standard InChI is InChI=1S/C15H26O/c1-10(2)9-15(16)12(4)6-7-13-11(3)5-8-14(13)15/h9,11-14,16H,5-8H2,1-4H3. The summed E-state index contributed by atoms with van der Waals surface area (Å²) in [7, 11) is 0. The third kappa shape index (κ3) is 1.84. The Morgan fingerprint density at radius 1 is 1.12 bits per heavy atom. The molecule has 0 heterocycles. The van der Waals surface area contributed by atoms with Crippen LogP contribution >= 0.6 is 0 Å². The Balaban J connectivity index is 2.30. The van der Waals surface area contributed by atoms with E-state index >= 15 is 0 Å². The first kappa shape index (κ1) is 12.2. The van der Waals surface area contributed by atoms with Gasteiger partial charge in [0.15, 0.2) is 0 Å². The Morgan fingerprint density at radius 2 is 1.81 bits per heavy atom. The van der Waals surface area contributed by atoms with Crippen molar-refractivity contribution in [1.29, 1.82) is 0 Å². The molecule has 0 amide bonds. The zero-order chi connectivity index (χ0) is 11.9. The third-order valence-corrected chi connectivity index (χ3v) is 5.02. The van der Waals surface area contributed by atoms with Gasteiger partial charge in [-0.15, -0.1) is 0 Å². The van der Waals surface area contributed by atoms with Crippen LogP contribution in [0.2, 0.25) is 0 Å². The minimum absolute atomic E-state index is 0.425. The van der Waals surface area contributed by atoms with E-state index in [9.17, 15) is 5.11 Å². The van der Waals surface area contributed by atoms with Crippen LogP contribution in [0.15, 0.2) is 11.6 Å². The molecule has 0 aromatic rings. The van der Waals surface area contributed by atoms with Crippen molar-refractivity contribution in [3.05, 3.63) is 11.6 Å². The molecule has 1 nitrogen and oxygen atoms in total. The van der Waals surface area contributed by atoms with Crippen LogP contribution in [0.3, 0.4) is 0 Å². The third-order valence-electron chi connectivity index (χ3n) is 5.02. The predicted octanol–water partition coefficient (Wildman–Crippen LogP) is 3.78. The lowest BCUT2D eigenvalue weighted by Crippen LogP contribution is -2.48. The van der Waals surface area contributed by atoms with E-state index in [1.54, 1.807) is 0 Å². The maximum Gasteiger partial charge on any atom is 0.0886 e. The van der Waals surface area contributed by atoms with Gasteiger partial charge in [-0.1, -0.05) is 31.9 Å². The molecular weight excluding hydrogens is 196 g/mol. The summed E-state index contributed by atoms with van der Waals surface area (Å²) < 4.78 is 0. The normalized spacial score (nSPS) is 47.6. The van der Waals surface area contributed by atoms with Gasteiger partial charge in [-0.3, -0.25) is 0 Å². The second-order valence-electron chi connectivity index (χ2n) is 6.41. The molecule has 0 spiro atoms. The van der Waals surface area contributed by atoms with Gasteiger partial charge in [0, 0.05) is 0 Å². The van der Waals surface area contributed by atoms with Crippen LogP contribution in [0.4, 0.5) is 0 Å². The van der Waals surface area contributed by atoms with Gasteiger partial charge >= 0.3 is 0 Å². The second-order valence-corrected chi connectivity index (χ2v) is 6.41. The molecule has 5 unspecified atom stereocenters. The second kappa shape index (κ2) is 4.18. The summed E-state index contributed by atoms with van der Waals surface area (Å²) in [6.07, 6.45) is 7.18. The highest BCUT2D eigenvalue weighted by molar-refractivity contribution is 5.15. The van der Waals surface area contributed by atoms with Crippen molar-refractivity contribution in [3.8, 4) is 0 Å². The summed E-state index contributed by atoms with van der Waals surface area (Å²) in [5.41, 5.74) is 0.738. The minimum Gasteiger partial charge on any atom is -0.385 e. The molecule has 2 rings (SSSR count). The van der Waals surface area contributed by atoms with Crippen LogP contribution < -0.4 is 0 Å². The lowest BCUT2D eigenvalue weighted by molar-refractivity contribution is -0.0688. The van der Waals surface area contributed by atoms with Gasteiger partial charge in [-0.05, 0) is 56.8 Å². The van der Waals surface area contributed by atoms with Gasteiger partial charge in [-0.2, -0.15) is 0 Å². The Morgan fingerprint density at radius 3 is 2.44 bits per heavy atom. The van der Waals surface area contributed by atoms with Gasteiger partial charge in [0.25, 0.3) is 0 Å². The fraction of sp³-hybridized carbons (Fsp3) is 0.867. The lowest BCUT2D eigenvalue weighted by Gasteiger charge is -2.46. The van der Waals surface area contributed by atoms with E-state index in [0.29, 0.717) is 11.8 Å². The molecule has 1 N–H and O–H groups in total. The molecule has 2 fully saturated rings. The van der Waals surface area contributed by atoms with Gasteiger partial charge in [0.05, 0.1) is 5.60 Å². The summed E-state index contributed by atoms with van der Waals surface area (Å²) in [6, 6.07) is 0. The highest BCUT2D eigenvalue weighted by atomic mass is 16.3. The van der Waals surface area contributed by atoms with Gasteiger partial charge in [-0.25, -0.2) is 0 Å². The first-order valence-corrected chi connectivity index (χ1v) is 6.83. The van der Waals surface area contributed by atoms with Gasteiger partial charge in [0.2, 0.25) is 0 Å². The topological polar surface area (TPSA) is 20.2 Å². The number of rotatable bonds is 1. The van der Waals surface area contributed by atoms with Crippen molar-refractivity contribution in [3.63, 3.8) is 0 Å². The summed E-state index contributed by atoms with van der Waals surface area (Å²) >= 11 is 0. The first-order chi connectivity index (χ1) is 7.45. The Labute approximate surface area is 99.9 Å². The van der Waals surface area contributed by atoms with E-state index in [4.69, 9.17) is 0 Å². The molecule has 0 aromatic heterocycles. The van der Waals surface area contributed by atoms with E-state index in [1.165, 1.54) is 31.3 Å². The molecule has 2 saturated carbocycles. The number of fused-ring (bicyclic) bond motifs is 1. The number of aliphatic hydroxyl groups is 1. The SMILES string of the molecule is CC(C)=CC1(O)C(C)CCC2C(C)CCC21. The maximum absolute atomic E-state index is 11.0. The molecule has 1 heteroatoms. The monoisotopic (exact) mass is 222 g/mol. The Kier molecular flexibility index (Phi) is 3.18. The highest BCUT2D eigenvalue weighted by Crippen LogP contribution is 2.53. The van der Waals surface area contributed by atoms with Crippen LogP contribution in [0, 0.1) is 23.7 Å². The average molecular weight is 222 g/mol. The maximum atomic E-state index is 11.0. The fourth-order valence-corrected chi connectivity index (χ4v) is 4.08. The average Bonchev–Trinajstić information content (AvgIpc) is 2.54. The minimum atomic E-state index is -0.521. The molecule has 2 aliphatic carbocycles. The van der Waals surface area contributed by atoms with Crippen molar-refractivity contribution >= 4 is 0 Å². The van der Waals surface area contributed by atoms with E-state index in [1.807, 2.05) is 0 Å². The first-order valence-electron chi connectivity index (χ1n) is 6.83. The van der Waals surface area contributed by atoms with E-state index in [0.717, 1.165) is 11.8 Å². The number of hydrogen-bond donors (Lipinski definition) is 1. The Bertz CT molecular complexity index is 290. The van der Waals surface area contributed by atoms with Crippen LogP contribution in [-0.2, 0) is 0 Å². The summed E-state index contributed by atoms with van der Waals surface area (Å²) in [5.74, 6) is 2.52. The van der Waals surface area contributed by atoms with E-state index < -0.39 is 5.60 Å². The lowest BCUT2D eigenvalue weighted by atomic mass is 9.63. The molecule has 16 heavy (non-hydrogen) atoms. The molecule has 0 bridgehead atoms. The fourth-order valence-electron chi connectivity index (χ4n) is 4.08. The summed E-state index contributed by atoms with van der Waals surface area (Å²) in [4.78, 5) is 0. The van der Waals surface area contributed by atoms with Crippen LogP contribution in [0.5, 0.6) is 0 Å².